The minimum atomic E-state index is -0.919. The van der Waals surface area contributed by atoms with Crippen LogP contribution in [0.4, 0.5) is 0 Å². The van der Waals surface area contributed by atoms with E-state index in [0.29, 0.717) is 45.0 Å². The number of aliphatic carboxylic acids is 1. The van der Waals surface area contributed by atoms with Gasteiger partial charge in [-0.25, -0.2) is 0 Å². The lowest BCUT2D eigenvalue weighted by atomic mass is 10.0. The zero-order valence-corrected chi connectivity index (χ0v) is 17.2. The Morgan fingerprint density at radius 2 is 1.60 bits per heavy atom. The topological polar surface area (TPSA) is 96.2 Å². The van der Waals surface area contributed by atoms with E-state index in [1.165, 1.54) is 21.3 Å². The number of carbonyl (C=O) groups excluding carboxylic acids is 1. The second-order valence-electron chi connectivity index (χ2n) is 6.51. The molecule has 0 saturated carbocycles. The Balaban J connectivity index is 2.14. The lowest BCUT2D eigenvalue weighted by Gasteiger charge is -2.13. The summed E-state index contributed by atoms with van der Waals surface area (Å²) in [4.78, 5) is 24.4. The van der Waals surface area contributed by atoms with Gasteiger partial charge in [-0.3, -0.25) is 9.59 Å². The van der Waals surface area contributed by atoms with E-state index >= 15 is 0 Å². The molecule has 158 valence electrons. The largest absolute Gasteiger partial charge is 0.497 e. The number of aryl methyl sites for hydroxylation is 1. The predicted octanol–water partition coefficient (Wildman–Crippen LogP) is 3.38. The summed E-state index contributed by atoms with van der Waals surface area (Å²) in [6.45, 7) is 0.224. The first-order valence-electron chi connectivity index (χ1n) is 9.16. The number of ketones is 1. The van der Waals surface area contributed by atoms with Gasteiger partial charge in [0.15, 0.2) is 17.3 Å². The molecule has 1 heterocycles. The number of aromatic nitrogens is 1. The van der Waals surface area contributed by atoms with E-state index < -0.39 is 5.97 Å². The summed E-state index contributed by atoms with van der Waals surface area (Å²) >= 11 is 0. The maximum absolute atomic E-state index is 13.4. The normalized spacial score (nSPS) is 10.7. The fourth-order valence-corrected chi connectivity index (χ4v) is 3.35. The highest BCUT2D eigenvalue weighted by Gasteiger charge is 2.22. The Bertz CT molecular complexity index is 1080. The molecule has 3 rings (SSSR count). The number of benzene rings is 2. The van der Waals surface area contributed by atoms with Crippen LogP contribution in [0.15, 0.2) is 36.5 Å². The Kier molecular flexibility index (Phi) is 6.15. The lowest BCUT2D eigenvalue weighted by molar-refractivity contribution is -0.137. The van der Waals surface area contributed by atoms with E-state index in [9.17, 15) is 9.59 Å². The molecule has 0 bridgehead atoms. The Hall–Kier alpha value is -3.68. The fraction of sp³-hybridized carbons (Fsp3) is 0.273. The van der Waals surface area contributed by atoms with Crippen LogP contribution in [-0.4, -0.2) is 49.9 Å². The summed E-state index contributed by atoms with van der Waals surface area (Å²) in [6.07, 6.45) is 1.59. The first kappa shape index (κ1) is 21.0. The molecule has 3 aromatic rings. The molecule has 1 aromatic heterocycles. The van der Waals surface area contributed by atoms with Gasteiger partial charge in [0.25, 0.3) is 0 Å². The van der Waals surface area contributed by atoms with Crippen molar-refractivity contribution < 1.29 is 33.6 Å². The average Bonchev–Trinajstić information content (AvgIpc) is 3.13. The molecule has 0 aliphatic rings. The van der Waals surface area contributed by atoms with E-state index in [-0.39, 0.29) is 18.7 Å². The number of carboxylic acid groups (broad SMARTS) is 1. The minimum Gasteiger partial charge on any atom is -0.497 e. The molecule has 0 unspecified atom stereocenters. The zero-order valence-electron chi connectivity index (χ0n) is 17.2. The first-order chi connectivity index (χ1) is 14.4. The number of nitrogens with zero attached hydrogens (tertiary/aromatic N) is 1. The number of carboxylic acids is 1. The summed E-state index contributed by atoms with van der Waals surface area (Å²) in [7, 11) is 6.00. The van der Waals surface area contributed by atoms with Crippen LogP contribution in [0.5, 0.6) is 23.0 Å². The van der Waals surface area contributed by atoms with Gasteiger partial charge in [-0.2, -0.15) is 0 Å². The Labute approximate surface area is 173 Å². The average molecular weight is 413 g/mol. The Morgan fingerprint density at radius 3 is 2.13 bits per heavy atom. The molecule has 0 aliphatic heterocycles. The summed E-state index contributed by atoms with van der Waals surface area (Å²) in [5, 5.41) is 9.76. The van der Waals surface area contributed by atoms with E-state index in [2.05, 4.69) is 0 Å². The quantitative estimate of drug-likeness (QED) is 0.537. The zero-order chi connectivity index (χ0) is 21.8. The van der Waals surface area contributed by atoms with Crippen molar-refractivity contribution in [2.24, 2.45) is 0 Å². The van der Waals surface area contributed by atoms with Crippen LogP contribution in [-0.2, 0) is 11.3 Å². The van der Waals surface area contributed by atoms with Crippen molar-refractivity contribution in [3.8, 4) is 23.0 Å². The third-order valence-corrected chi connectivity index (χ3v) is 4.83. The number of carbonyl (C=O) groups is 2. The number of hydrogen-bond donors (Lipinski definition) is 1. The molecule has 0 saturated heterocycles. The summed E-state index contributed by atoms with van der Waals surface area (Å²) < 4.78 is 23.0. The van der Waals surface area contributed by atoms with Crippen LogP contribution >= 0.6 is 0 Å². The van der Waals surface area contributed by atoms with Gasteiger partial charge in [0.05, 0.1) is 40.4 Å². The number of fused-ring (bicyclic) bond motifs is 1. The maximum Gasteiger partial charge on any atom is 0.305 e. The third kappa shape index (κ3) is 3.89. The highest BCUT2D eigenvalue weighted by atomic mass is 16.5. The van der Waals surface area contributed by atoms with Gasteiger partial charge in [-0.05, 0) is 24.3 Å². The highest BCUT2D eigenvalue weighted by molar-refractivity contribution is 6.17. The summed E-state index contributed by atoms with van der Waals surface area (Å²) in [5.74, 6) is 0.581. The van der Waals surface area contributed by atoms with Gasteiger partial charge < -0.3 is 28.6 Å². The van der Waals surface area contributed by atoms with Crippen molar-refractivity contribution in [2.75, 3.05) is 28.4 Å². The molecule has 0 amide bonds. The number of rotatable bonds is 9. The SMILES string of the molecule is COc1ccc2c(C(=O)c3cc(OC)c(OC)c(OC)c3)cn(CCC(=O)O)c2c1. The van der Waals surface area contributed by atoms with E-state index in [4.69, 9.17) is 24.1 Å². The van der Waals surface area contributed by atoms with Gasteiger partial charge >= 0.3 is 5.97 Å². The minimum absolute atomic E-state index is 0.0706. The van der Waals surface area contributed by atoms with Crippen molar-refractivity contribution in [3.63, 3.8) is 0 Å². The van der Waals surface area contributed by atoms with Crippen molar-refractivity contribution in [2.45, 2.75) is 13.0 Å². The molecular weight excluding hydrogens is 390 g/mol. The smallest absolute Gasteiger partial charge is 0.305 e. The molecule has 8 heteroatoms. The van der Waals surface area contributed by atoms with E-state index in [1.54, 1.807) is 48.2 Å². The highest BCUT2D eigenvalue weighted by Crippen LogP contribution is 2.39. The molecule has 30 heavy (non-hydrogen) atoms. The summed E-state index contributed by atoms with van der Waals surface area (Å²) in [6, 6.07) is 8.51. The molecule has 0 radical (unpaired) electrons. The third-order valence-electron chi connectivity index (χ3n) is 4.83. The van der Waals surface area contributed by atoms with Crippen LogP contribution < -0.4 is 18.9 Å². The number of hydrogen-bond acceptors (Lipinski definition) is 6. The fourth-order valence-electron chi connectivity index (χ4n) is 3.35. The molecule has 8 nitrogen and oxygen atoms in total. The number of methoxy groups -OCH3 is 4. The van der Waals surface area contributed by atoms with Crippen LogP contribution in [0.1, 0.15) is 22.3 Å². The predicted molar refractivity (Wildman–Crippen MR) is 110 cm³/mol. The molecule has 0 spiro atoms. The summed E-state index contributed by atoms with van der Waals surface area (Å²) in [5.41, 5.74) is 1.51. The molecule has 1 N–H and O–H groups in total. The van der Waals surface area contributed by atoms with Gasteiger partial charge in [0.1, 0.15) is 5.75 Å². The lowest BCUT2D eigenvalue weighted by Crippen LogP contribution is -2.05. The van der Waals surface area contributed by atoms with Crippen molar-refractivity contribution in [1.29, 1.82) is 0 Å². The molecular formula is C22H23NO7. The monoisotopic (exact) mass is 413 g/mol. The van der Waals surface area contributed by atoms with Gasteiger partial charge in [0, 0.05) is 35.3 Å². The van der Waals surface area contributed by atoms with Crippen LogP contribution in [0.3, 0.4) is 0 Å². The molecule has 0 fully saturated rings. The standard InChI is InChI=1S/C22H23NO7/c1-27-14-5-6-15-16(12-23(17(15)11-14)8-7-20(24)25)21(26)13-9-18(28-2)22(30-4)19(10-13)29-3/h5-6,9-12H,7-8H2,1-4H3,(H,24,25). The first-order valence-corrected chi connectivity index (χ1v) is 9.16. The molecule has 0 aliphatic carbocycles. The van der Waals surface area contributed by atoms with Gasteiger partial charge in [0.2, 0.25) is 5.75 Å². The maximum atomic E-state index is 13.4. The molecule has 2 aromatic carbocycles. The van der Waals surface area contributed by atoms with Crippen LogP contribution in [0, 0.1) is 0 Å². The van der Waals surface area contributed by atoms with Crippen LogP contribution in [0.2, 0.25) is 0 Å². The van der Waals surface area contributed by atoms with Gasteiger partial charge in [-0.1, -0.05) is 0 Å². The Morgan fingerprint density at radius 1 is 0.933 bits per heavy atom. The van der Waals surface area contributed by atoms with Gasteiger partial charge in [-0.15, -0.1) is 0 Å². The van der Waals surface area contributed by atoms with E-state index in [1.807, 2.05) is 0 Å². The van der Waals surface area contributed by atoms with Crippen molar-refractivity contribution in [3.05, 3.63) is 47.7 Å². The second-order valence-corrected chi connectivity index (χ2v) is 6.51. The van der Waals surface area contributed by atoms with Crippen LogP contribution in [0.25, 0.3) is 10.9 Å². The number of ether oxygens (including phenoxy) is 4. The molecule has 0 atom stereocenters. The van der Waals surface area contributed by atoms with E-state index in [0.717, 1.165) is 0 Å². The van der Waals surface area contributed by atoms with Crippen molar-refractivity contribution >= 4 is 22.7 Å². The van der Waals surface area contributed by atoms with Crippen molar-refractivity contribution in [1.82, 2.24) is 4.57 Å². The second kappa shape index (κ2) is 8.77.